The molecule has 37 heavy (non-hydrogen) atoms. The number of halogens is 2. The Morgan fingerprint density at radius 2 is 2.05 bits per heavy atom. The lowest BCUT2D eigenvalue weighted by atomic mass is 10.1. The average molecular weight is 524 g/mol. The second kappa shape index (κ2) is 9.68. The summed E-state index contributed by atoms with van der Waals surface area (Å²) in [5, 5.41) is 9.29. The molecule has 3 aromatic rings. The standard InChI is InChI=1S/C26H27ClFN7O2/c1-37-23-19(7-8-20(22(23)28)35-11-10-34-9-3-5-16(34)14-35)32-26-30-13-17(27)24(33-26)31-18-6-2-4-15-12-29-25(36)21(15)18/h2,4,6-8,13,16H,3,5,9-12,14H2,1H3,(H,29,36)(H2,30,31,32,33). The molecule has 0 bridgehead atoms. The predicted octanol–water partition coefficient (Wildman–Crippen LogP) is 4.29. The molecule has 3 N–H and O–H groups in total. The Bertz CT molecular complexity index is 1370. The van der Waals surface area contributed by atoms with Crippen LogP contribution in [0.4, 0.5) is 33.2 Å². The van der Waals surface area contributed by atoms with Gasteiger partial charge in [0.15, 0.2) is 17.4 Å². The summed E-state index contributed by atoms with van der Waals surface area (Å²) < 4.78 is 21.1. The molecule has 2 fully saturated rings. The molecule has 3 aliphatic heterocycles. The Morgan fingerprint density at radius 3 is 2.92 bits per heavy atom. The van der Waals surface area contributed by atoms with E-state index >= 15 is 4.39 Å². The molecule has 3 aliphatic rings. The summed E-state index contributed by atoms with van der Waals surface area (Å²) in [7, 11) is 1.44. The number of anilines is 5. The lowest BCUT2D eigenvalue weighted by Crippen LogP contribution is -2.50. The second-order valence-electron chi connectivity index (χ2n) is 9.42. The van der Waals surface area contributed by atoms with E-state index in [-0.39, 0.29) is 22.6 Å². The molecule has 2 saturated heterocycles. The van der Waals surface area contributed by atoms with Crippen LogP contribution >= 0.6 is 11.6 Å². The molecule has 0 spiro atoms. The Kier molecular flexibility index (Phi) is 6.21. The van der Waals surface area contributed by atoms with Crippen LogP contribution < -0.4 is 25.6 Å². The smallest absolute Gasteiger partial charge is 0.254 e. The fourth-order valence-corrected chi connectivity index (χ4v) is 5.58. The third kappa shape index (κ3) is 4.40. The van der Waals surface area contributed by atoms with Crippen molar-refractivity contribution in [1.29, 1.82) is 0 Å². The Balaban J connectivity index is 1.25. The first kappa shape index (κ1) is 23.7. The largest absolute Gasteiger partial charge is 0.492 e. The third-order valence-corrected chi connectivity index (χ3v) is 7.55. The van der Waals surface area contributed by atoms with Gasteiger partial charge >= 0.3 is 0 Å². The van der Waals surface area contributed by atoms with Crippen LogP contribution in [-0.4, -0.2) is 60.1 Å². The zero-order chi connectivity index (χ0) is 25.5. The van der Waals surface area contributed by atoms with Crippen LogP contribution in [0.1, 0.15) is 28.8 Å². The number of hydrogen-bond acceptors (Lipinski definition) is 8. The highest BCUT2D eigenvalue weighted by Crippen LogP contribution is 2.38. The van der Waals surface area contributed by atoms with Crippen LogP contribution in [0.25, 0.3) is 0 Å². The van der Waals surface area contributed by atoms with Gasteiger partial charge in [-0.2, -0.15) is 4.98 Å². The van der Waals surface area contributed by atoms with Crippen LogP contribution in [0.3, 0.4) is 0 Å². The van der Waals surface area contributed by atoms with E-state index in [9.17, 15) is 4.79 Å². The van der Waals surface area contributed by atoms with Crippen molar-refractivity contribution in [2.75, 3.05) is 48.8 Å². The van der Waals surface area contributed by atoms with Crippen molar-refractivity contribution >= 4 is 46.3 Å². The molecule has 1 atom stereocenters. The number of amides is 1. The van der Waals surface area contributed by atoms with Gasteiger partial charge in [-0.05, 0) is 43.1 Å². The van der Waals surface area contributed by atoms with Gasteiger partial charge < -0.3 is 25.6 Å². The highest BCUT2D eigenvalue weighted by Gasteiger charge is 2.32. The maximum absolute atomic E-state index is 15.6. The van der Waals surface area contributed by atoms with Crippen LogP contribution in [-0.2, 0) is 6.54 Å². The van der Waals surface area contributed by atoms with E-state index in [0.717, 1.165) is 38.2 Å². The van der Waals surface area contributed by atoms with Crippen molar-refractivity contribution < 1.29 is 13.9 Å². The van der Waals surface area contributed by atoms with E-state index in [1.165, 1.54) is 19.7 Å². The predicted molar refractivity (Wildman–Crippen MR) is 141 cm³/mol. The number of nitrogens with one attached hydrogen (secondary N) is 3. The quantitative estimate of drug-likeness (QED) is 0.440. The number of hydrogen-bond donors (Lipinski definition) is 3. The molecular weight excluding hydrogens is 497 g/mol. The van der Waals surface area contributed by atoms with E-state index in [1.807, 2.05) is 12.1 Å². The number of aromatic nitrogens is 2. The van der Waals surface area contributed by atoms with E-state index in [0.29, 0.717) is 41.0 Å². The molecule has 0 aliphatic carbocycles. The zero-order valence-corrected chi connectivity index (χ0v) is 21.1. The van der Waals surface area contributed by atoms with Crippen molar-refractivity contribution in [1.82, 2.24) is 20.2 Å². The number of methoxy groups -OCH3 is 1. The first-order valence-electron chi connectivity index (χ1n) is 12.3. The lowest BCUT2D eigenvalue weighted by Gasteiger charge is -2.39. The maximum atomic E-state index is 15.6. The molecule has 1 aromatic heterocycles. The number of ether oxygens (including phenoxy) is 1. The normalized spacial score (nSPS) is 18.8. The summed E-state index contributed by atoms with van der Waals surface area (Å²) in [4.78, 5) is 25.6. The summed E-state index contributed by atoms with van der Waals surface area (Å²) in [6.07, 6.45) is 3.79. The molecule has 11 heteroatoms. The first-order chi connectivity index (χ1) is 18.0. The summed E-state index contributed by atoms with van der Waals surface area (Å²) in [5.41, 5.74) is 2.98. The zero-order valence-electron chi connectivity index (χ0n) is 20.4. The van der Waals surface area contributed by atoms with Gasteiger partial charge in [0, 0.05) is 32.2 Å². The molecule has 0 radical (unpaired) electrons. The van der Waals surface area contributed by atoms with Gasteiger partial charge in [-0.15, -0.1) is 0 Å². The van der Waals surface area contributed by atoms with Gasteiger partial charge in [0.05, 0.1) is 35.9 Å². The van der Waals surface area contributed by atoms with Crippen molar-refractivity contribution in [2.24, 2.45) is 0 Å². The fourth-order valence-electron chi connectivity index (χ4n) is 5.44. The van der Waals surface area contributed by atoms with Gasteiger partial charge in [-0.1, -0.05) is 23.7 Å². The second-order valence-corrected chi connectivity index (χ2v) is 9.83. The van der Waals surface area contributed by atoms with E-state index in [1.54, 1.807) is 18.2 Å². The number of piperazine rings is 1. The summed E-state index contributed by atoms with van der Waals surface area (Å²) in [6.45, 7) is 4.13. The van der Waals surface area contributed by atoms with Crippen molar-refractivity contribution in [3.05, 3.63) is 58.5 Å². The molecule has 1 unspecified atom stereocenters. The molecule has 9 nitrogen and oxygen atoms in total. The summed E-state index contributed by atoms with van der Waals surface area (Å²) in [6, 6.07) is 9.56. The average Bonchev–Trinajstić information content (AvgIpc) is 3.53. The molecule has 1 amide bonds. The molecule has 4 heterocycles. The van der Waals surface area contributed by atoms with Crippen molar-refractivity contribution in [2.45, 2.75) is 25.4 Å². The number of nitrogens with zero attached hydrogens (tertiary/aromatic N) is 4. The molecule has 2 aromatic carbocycles. The molecule has 0 saturated carbocycles. The van der Waals surface area contributed by atoms with E-state index in [2.05, 4.69) is 35.7 Å². The van der Waals surface area contributed by atoms with Gasteiger partial charge in [0.25, 0.3) is 5.91 Å². The van der Waals surface area contributed by atoms with E-state index in [4.69, 9.17) is 16.3 Å². The number of fused-ring (bicyclic) bond motifs is 2. The van der Waals surface area contributed by atoms with E-state index < -0.39 is 5.82 Å². The maximum Gasteiger partial charge on any atom is 0.254 e. The summed E-state index contributed by atoms with van der Waals surface area (Å²) >= 11 is 6.36. The van der Waals surface area contributed by atoms with Gasteiger partial charge in [-0.25, -0.2) is 9.37 Å². The Labute approximate surface area is 219 Å². The SMILES string of the molecule is COc1c(Nc2ncc(Cl)c(Nc3cccc4c3C(=O)NC4)n2)ccc(N2CCN3CCCC3C2)c1F. The Hall–Kier alpha value is -3.63. The van der Waals surface area contributed by atoms with Gasteiger partial charge in [0.1, 0.15) is 5.02 Å². The molecular formula is C26H27ClFN7O2. The van der Waals surface area contributed by atoms with Gasteiger partial charge in [0.2, 0.25) is 5.95 Å². The third-order valence-electron chi connectivity index (χ3n) is 7.27. The van der Waals surface area contributed by atoms with Crippen LogP contribution in [0.5, 0.6) is 5.75 Å². The summed E-state index contributed by atoms with van der Waals surface area (Å²) in [5.74, 6) is 0.0389. The van der Waals surface area contributed by atoms with Crippen molar-refractivity contribution in [3.63, 3.8) is 0 Å². The fraction of sp³-hybridized carbons (Fsp3) is 0.346. The number of rotatable bonds is 6. The minimum atomic E-state index is -0.419. The number of benzene rings is 2. The van der Waals surface area contributed by atoms with Crippen LogP contribution in [0, 0.1) is 5.82 Å². The highest BCUT2D eigenvalue weighted by molar-refractivity contribution is 6.33. The monoisotopic (exact) mass is 523 g/mol. The lowest BCUT2D eigenvalue weighted by molar-refractivity contribution is 0.0966. The topological polar surface area (TPSA) is 94.6 Å². The van der Waals surface area contributed by atoms with Crippen molar-refractivity contribution in [3.8, 4) is 5.75 Å². The minimum Gasteiger partial charge on any atom is -0.492 e. The number of carbonyl (C=O) groups excluding carboxylic acids is 1. The van der Waals surface area contributed by atoms with Crippen LogP contribution in [0.2, 0.25) is 5.02 Å². The minimum absolute atomic E-state index is 0.0944. The first-order valence-corrected chi connectivity index (χ1v) is 12.7. The Morgan fingerprint density at radius 1 is 1.16 bits per heavy atom. The highest BCUT2D eigenvalue weighted by atomic mass is 35.5. The number of carbonyl (C=O) groups is 1. The van der Waals surface area contributed by atoms with Crippen LogP contribution in [0.15, 0.2) is 36.5 Å². The van der Waals surface area contributed by atoms with Gasteiger partial charge in [-0.3, -0.25) is 9.69 Å². The molecule has 192 valence electrons. The molecule has 6 rings (SSSR count).